The van der Waals surface area contributed by atoms with E-state index in [-0.39, 0.29) is 12.5 Å². The molecule has 1 atom stereocenters. The average molecular weight is 384 g/mol. The third-order valence-electron chi connectivity index (χ3n) is 4.79. The summed E-state index contributed by atoms with van der Waals surface area (Å²) in [5, 5.41) is 24.1. The predicted octanol–water partition coefficient (Wildman–Crippen LogP) is 4.25. The molecule has 2 N–H and O–H groups in total. The molecule has 3 rings (SSSR count). The van der Waals surface area contributed by atoms with E-state index < -0.39 is 0 Å². The number of aryl methyl sites for hydroxylation is 1. The van der Waals surface area contributed by atoms with Gasteiger partial charge in [-0.2, -0.15) is 5.26 Å². The summed E-state index contributed by atoms with van der Waals surface area (Å²) < 4.78 is 5.23. The number of hydrogen-bond donors (Lipinski definition) is 2. The number of rotatable bonds is 6. The number of benzene rings is 1. The minimum absolute atomic E-state index is 0.126. The summed E-state index contributed by atoms with van der Waals surface area (Å²) in [4.78, 5) is 4.52. The van der Waals surface area contributed by atoms with E-state index in [1.54, 1.807) is 13.3 Å². The van der Waals surface area contributed by atoms with Crippen molar-refractivity contribution in [1.82, 2.24) is 4.98 Å². The number of aliphatic hydroxyl groups excluding tert-OH is 1. The van der Waals surface area contributed by atoms with Crippen LogP contribution in [0.4, 0.5) is 5.69 Å². The molecule has 27 heavy (non-hydrogen) atoms. The lowest BCUT2D eigenvalue weighted by molar-refractivity contribution is 0.282. The molecule has 0 spiro atoms. The molecule has 0 saturated heterocycles. The third kappa shape index (κ3) is 3.92. The van der Waals surface area contributed by atoms with Crippen LogP contribution in [0.1, 0.15) is 30.0 Å². The van der Waals surface area contributed by atoms with Crippen LogP contribution in [0.15, 0.2) is 41.3 Å². The van der Waals surface area contributed by atoms with Crippen molar-refractivity contribution in [2.75, 3.05) is 19.0 Å². The Hall–Kier alpha value is -2.55. The Morgan fingerprint density at radius 1 is 1.41 bits per heavy atom. The van der Waals surface area contributed by atoms with Gasteiger partial charge in [0.25, 0.3) is 0 Å². The van der Waals surface area contributed by atoms with Crippen molar-refractivity contribution in [2.24, 2.45) is 5.92 Å². The second-order valence-corrected chi connectivity index (χ2v) is 6.88. The van der Waals surface area contributed by atoms with Crippen LogP contribution in [-0.2, 0) is 17.8 Å². The number of ether oxygens (including phenoxy) is 1. The van der Waals surface area contributed by atoms with E-state index in [0.717, 1.165) is 35.0 Å². The third-order valence-corrected chi connectivity index (χ3v) is 5.11. The summed E-state index contributed by atoms with van der Waals surface area (Å²) in [6.07, 6.45) is 7.25. The van der Waals surface area contributed by atoms with E-state index >= 15 is 0 Å². The number of allylic oxidation sites excluding steroid dienone is 2. The van der Waals surface area contributed by atoms with Gasteiger partial charge in [0.15, 0.2) is 0 Å². The number of nitrogens with zero attached hydrogens (tertiary/aromatic N) is 2. The fourth-order valence-electron chi connectivity index (χ4n) is 3.35. The molecule has 0 amide bonds. The molecule has 1 aliphatic rings. The first-order chi connectivity index (χ1) is 13.1. The SMILES string of the molecule is CCc1cc(C#N)cc2c(NCC3C=C(Cl)C(OC)=CC3)c(CO)cnc12. The Morgan fingerprint density at radius 3 is 2.85 bits per heavy atom. The van der Waals surface area contributed by atoms with Gasteiger partial charge in [-0.1, -0.05) is 24.6 Å². The number of hydrogen-bond acceptors (Lipinski definition) is 5. The molecule has 1 aliphatic carbocycles. The highest BCUT2D eigenvalue weighted by molar-refractivity contribution is 6.31. The van der Waals surface area contributed by atoms with Crippen LogP contribution in [0, 0.1) is 17.2 Å². The molecule has 1 heterocycles. The largest absolute Gasteiger partial charge is 0.496 e. The van der Waals surface area contributed by atoms with Crippen LogP contribution in [0.5, 0.6) is 0 Å². The maximum absolute atomic E-state index is 9.77. The zero-order valence-corrected chi connectivity index (χ0v) is 16.2. The maximum atomic E-state index is 9.77. The standard InChI is InChI=1S/C21H22ClN3O2/c1-3-15-6-14(9-23)7-17-20(15)25-11-16(12-26)21(17)24-10-13-4-5-19(27-2)18(22)8-13/h5-8,11,13,26H,3-4,10,12H2,1-2H3,(H,24,25). The number of methoxy groups -OCH3 is 1. The van der Waals surface area contributed by atoms with Gasteiger partial charge in [0.2, 0.25) is 0 Å². The minimum Gasteiger partial charge on any atom is -0.496 e. The first-order valence-electron chi connectivity index (χ1n) is 8.92. The normalized spacial score (nSPS) is 16.5. The molecule has 0 aliphatic heterocycles. The molecule has 0 saturated carbocycles. The first-order valence-corrected chi connectivity index (χ1v) is 9.30. The van der Waals surface area contributed by atoms with Crippen molar-refractivity contribution < 1.29 is 9.84 Å². The Morgan fingerprint density at radius 2 is 2.22 bits per heavy atom. The lowest BCUT2D eigenvalue weighted by Gasteiger charge is -2.21. The topological polar surface area (TPSA) is 78.2 Å². The summed E-state index contributed by atoms with van der Waals surface area (Å²) in [6.45, 7) is 2.56. The number of fused-ring (bicyclic) bond motifs is 1. The molecule has 2 aromatic rings. The van der Waals surface area contributed by atoms with Crippen LogP contribution in [0.2, 0.25) is 0 Å². The quantitative estimate of drug-likeness (QED) is 0.779. The summed E-state index contributed by atoms with van der Waals surface area (Å²) in [6, 6.07) is 5.92. The second kappa shape index (κ2) is 8.43. The number of nitriles is 1. The molecule has 1 unspecified atom stereocenters. The Bertz CT molecular complexity index is 960. The number of pyridine rings is 1. The van der Waals surface area contributed by atoms with Crippen molar-refractivity contribution in [2.45, 2.75) is 26.4 Å². The van der Waals surface area contributed by atoms with Crippen LogP contribution in [0.25, 0.3) is 10.9 Å². The van der Waals surface area contributed by atoms with E-state index in [0.29, 0.717) is 28.5 Å². The van der Waals surface area contributed by atoms with Crippen molar-refractivity contribution in [1.29, 1.82) is 5.26 Å². The van der Waals surface area contributed by atoms with Gasteiger partial charge in [0.1, 0.15) is 5.76 Å². The molecule has 140 valence electrons. The van der Waals surface area contributed by atoms with Gasteiger partial charge in [-0.15, -0.1) is 0 Å². The van der Waals surface area contributed by atoms with Crippen molar-refractivity contribution in [3.8, 4) is 6.07 Å². The smallest absolute Gasteiger partial charge is 0.133 e. The Balaban J connectivity index is 1.96. The molecule has 0 radical (unpaired) electrons. The summed E-state index contributed by atoms with van der Waals surface area (Å²) in [5.74, 6) is 0.903. The first kappa shape index (κ1) is 19.2. The Kier molecular flexibility index (Phi) is 6.00. The predicted molar refractivity (Wildman–Crippen MR) is 107 cm³/mol. The van der Waals surface area contributed by atoms with Crippen LogP contribution >= 0.6 is 11.6 Å². The highest BCUT2D eigenvalue weighted by Gasteiger charge is 2.17. The van der Waals surface area contributed by atoms with E-state index in [1.807, 2.05) is 31.2 Å². The lowest BCUT2D eigenvalue weighted by atomic mass is 9.98. The van der Waals surface area contributed by atoms with E-state index in [9.17, 15) is 10.4 Å². The average Bonchev–Trinajstić information content (AvgIpc) is 2.70. The molecule has 6 heteroatoms. The summed E-state index contributed by atoms with van der Waals surface area (Å²) in [7, 11) is 1.61. The monoisotopic (exact) mass is 383 g/mol. The van der Waals surface area contributed by atoms with Crippen LogP contribution in [0.3, 0.4) is 0 Å². The molecule has 0 fully saturated rings. The van der Waals surface area contributed by atoms with Crippen molar-refractivity contribution in [3.05, 3.63) is 58.0 Å². The number of aliphatic hydroxyl groups is 1. The zero-order valence-electron chi connectivity index (χ0n) is 15.4. The van der Waals surface area contributed by atoms with E-state index in [1.165, 1.54) is 0 Å². The fourth-order valence-corrected chi connectivity index (χ4v) is 3.68. The van der Waals surface area contributed by atoms with Gasteiger partial charge in [-0.25, -0.2) is 0 Å². The van der Waals surface area contributed by atoms with E-state index in [4.69, 9.17) is 16.3 Å². The van der Waals surface area contributed by atoms with Gasteiger partial charge in [-0.3, -0.25) is 4.98 Å². The number of nitrogens with one attached hydrogen (secondary N) is 1. The van der Waals surface area contributed by atoms with Crippen LogP contribution < -0.4 is 5.32 Å². The molecule has 0 bridgehead atoms. The molecule has 5 nitrogen and oxygen atoms in total. The van der Waals surface area contributed by atoms with E-state index in [2.05, 4.69) is 16.4 Å². The lowest BCUT2D eigenvalue weighted by Crippen LogP contribution is -2.16. The maximum Gasteiger partial charge on any atom is 0.133 e. The fraction of sp³-hybridized carbons (Fsp3) is 0.333. The molecular formula is C21H22ClN3O2. The number of anilines is 1. The van der Waals surface area contributed by atoms with Gasteiger partial charge in [0, 0.05) is 23.7 Å². The number of aromatic nitrogens is 1. The van der Waals surface area contributed by atoms with Crippen LogP contribution in [-0.4, -0.2) is 23.7 Å². The minimum atomic E-state index is -0.126. The van der Waals surface area contributed by atoms with Gasteiger partial charge in [0.05, 0.1) is 41.6 Å². The number of halogens is 1. The summed E-state index contributed by atoms with van der Waals surface area (Å²) >= 11 is 6.25. The van der Waals surface area contributed by atoms with Crippen molar-refractivity contribution in [3.63, 3.8) is 0 Å². The Labute approximate surface area is 163 Å². The van der Waals surface area contributed by atoms with Crippen molar-refractivity contribution >= 4 is 28.2 Å². The second-order valence-electron chi connectivity index (χ2n) is 6.48. The molecule has 1 aromatic heterocycles. The van der Waals surface area contributed by atoms with Gasteiger partial charge in [-0.05, 0) is 42.5 Å². The van der Waals surface area contributed by atoms with Gasteiger partial charge < -0.3 is 15.2 Å². The zero-order chi connectivity index (χ0) is 19.4. The highest BCUT2D eigenvalue weighted by atomic mass is 35.5. The molecule has 1 aromatic carbocycles. The highest BCUT2D eigenvalue weighted by Crippen LogP contribution is 2.31. The summed E-state index contributed by atoms with van der Waals surface area (Å²) in [5.41, 5.74) is 3.99. The van der Waals surface area contributed by atoms with Gasteiger partial charge >= 0.3 is 0 Å². The molecular weight excluding hydrogens is 362 g/mol.